The summed E-state index contributed by atoms with van der Waals surface area (Å²) in [7, 11) is 1.40. The van der Waals surface area contributed by atoms with E-state index in [0.29, 0.717) is 19.0 Å². The van der Waals surface area contributed by atoms with Crippen molar-refractivity contribution in [3.8, 4) is 0 Å². The van der Waals surface area contributed by atoms with Crippen LogP contribution in [0.15, 0.2) is 0 Å². The summed E-state index contributed by atoms with van der Waals surface area (Å²) in [6, 6.07) is 0.100. The van der Waals surface area contributed by atoms with Gasteiger partial charge >= 0.3 is 5.97 Å². The molecular formula is C11H19NO4S. The number of thioether (sulfide) groups is 1. The maximum Gasteiger partial charge on any atom is 0.315 e. The number of nitrogens with two attached hydrogens (primary N) is 1. The molecule has 0 amide bonds. The molecule has 0 bridgehead atoms. The van der Waals surface area contributed by atoms with Crippen molar-refractivity contribution in [3.63, 3.8) is 0 Å². The average molecular weight is 261 g/mol. The van der Waals surface area contributed by atoms with Gasteiger partial charge in [0.2, 0.25) is 0 Å². The number of esters is 1. The minimum absolute atomic E-state index is 0.100. The minimum atomic E-state index is -0.441. The Morgan fingerprint density at radius 3 is 2.88 bits per heavy atom. The van der Waals surface area contributed by atoms with Crippen molar-refractivity contribution in [3.05, 3.63) is 0 Å². The predicted octanol–water partition coefficient (Wildman–Crippen LogP) is 0.516. The third-order valence-electron chi connectivity index (χ3n) is 3.30. The molecule has 2 aliphatic rings. The number of rotatable bonds is 3. The summed E-state index contributed by atoms with van der Waals surface area (Å²) in [5.41, 5.74) is 6.07. The van der Waals surface area contributed by atoms with Gasteiger partial charge in [0.15, 0.2) is 5.79 Å². The quantitative estimate of drug-likeness (QED) is 0.747. The number of hydrogen-bond donors (Lipinski definition) is 1. The molecule has 5 nitrogen and oxygen atoms in total. The first-order chi connectivity index (χ1) is 8.15. The molecule has 1 spiro atoms. The smallest absolute Gasteiger partial charge is 0.315 e. The highest BCUT2D eigenvalue weighted by Gasteiger charge is 2.44. The van der Waals surface area contributed by atoms with Crippen molar-refractivity contribution in [1.82, 2.24) is 0 Å². The summed E-state index contributed by atoms with van der Waals surface area (Å²) >= 11 is 1.54. The Morgan fingerprint density at radius 1 is 1.53 bits per heavy atom. The molecule has 98 valence electrons. The van der Waals surface area contributed by atoms with E-state index in [9.17, 15) is 4.79 Å². The lowest BCUT2D eigenvalue weighted by atomic mass is 9.90. The van der Waals surface area contributed by atoms with Crippen LogP contribution in [-0.4, -0.2) is 49.1 Å². The molecule has 1 aliphatic heterocycles. The second-order valence-electron chi connectivity index (χ2n) is 4.44. The van der Waals surface area contributed by atoms with Gasteiger partial charge in [-0.15, -0.1) is 11.8 Å². The summed E-state index contributed by atoms with van der Waals surface area (Å²) in [4.78, 5) is 11.1. The summed E-state index contributed by atoms with van der Waals surface area (Å²) in [5.74, 6) is -0.315. The van der Waals surface area contributed by atoms with Crippen LogP contribution in [0, 0.1) is 0 Å². The Labute approximate surface area is 105 Å². The normalized spacial score (nSPS) is 31.6. The molecule has 2 N–H and O–H groups in total. The Bertz CT molecular complexity index is 281. The second-order valence-corrected chi connectivity index (χ2v) is 5.67. The molecule has 0 radical (unpaired) electrons. The van der Waals surface area contributed by atoms with E-state index in [2.05, 4.69) is 4.74 Å². The monoisotopic (exact) mass is 261 g/mol. The first kappa shape index (κ1) is 13.1. The lowest BCUT2D eigenvalue weighted by Crippen LogP contribution is -2.47. The SMILES string of the molecule is COC(=O)CSC1CC2(CCC1N)OCCO2. The van der Waals surface area contributed by atoms with Crippen LogP contribution < -0.4 is 5.73 Å². The third kappa shape index (κ3) is 3.13. The van der Waals surface area contributed by atoms with E-state index in [-0.39, 0.29) is 17.3 Å². The Balaban J connectivity index is 1.88. The van der Waals surface area contributed by atoms with Gasteiger partial charge in [0.05, 0.1) is 26.1 Å². The lowest BCUT2D eigenvalue weighted by Gasteiger charge is -2.39. The highest BCUT2D eigenvalue weighted by atomic mass is 32.2. The van der Waals surface area contributed by atoms with Crippen molar-refractivity contribution < 1.29 is 19.0 Å². The van der Waals surface area contributed by atoms with Gasteiger partial charge in [0.25, 0.3) is 0 Å². The van der Waals surface area contributed by atoms with Gasteiger partial charge in [-0.25, -0.2) is 0 Å². The van der Waals surface area contributed by atoms with Gasteiger partial charge in [-0.05, 0) is 6.42 Å². The maximum atomic E-state index is 11.1. The minimum Gasteiger partial charge on any atom is -0.468 e. The van der Waals surface area contributed by atoms with Crippen molar-refractivity contribution in [1.29, 1.82) is 0 Å². The summed E-state index contributed by atoms with van der Waals surface area (Å²) in [6.45, 7) is 1.31. The maximum absolute atomic E-state index is 11.1. The Kier molecular flexibility index (Phi) is 4.30. The molecular weight excluding hydrogens is 242 g/mol. The summed E-state index contributed by atoms with van der Waals surface area (Å²) < 4.78 is 16.0. The number of methoxy groups -OCH3 is 1. The van der Waals surface area contributed by atoms with E-state index in [1.807, 2.05) is 0 Å². The fourth-order valence-electron chi connectivity index (χ4n) is 2.31. The summed E-state index contributed by atoms with van der Waals surface area (Å²) in [5, 5.41) is 0.195. The lowest BCUT2D eigenvalue weighted by molar-refractivity contribution is -0.177. The van der Waals surface area contributed by atoms with Gasteiger partial charge in [0, 0.05) is 24.1 Å². The van der Waals surface area contributed by atoms with E-state index in [4.69, 9.17) is 15.2 Å². The van der Waals surface area contributed by atoms with Gasteiger partial charge in [-0.3, -0.25) is 4.79 Å². The molecule has 1 saturated heterocycles. The fraction of sp³-hybridized carbons (Fsp3) is 0.909. The average Bonchev–Trinajstić information content (AvgIpc) is 2.79. The van der Waals surface area contributed by atoms with Crippen LogP contribution in [0.1, 0.15) is 19.3 Å². The van der Waals surface area contributed by atoms with Gasteiger partial charge < -0.3 is 19.9 Å². The molecule has 2 rings (SSSR count). The van der Waals surface area contributed by atoms with Crippen LogP contribution in [0.25, 0.3) is 0 Å². The van der Waals surface area contributed by atoms with Crippen molar-refractivity contribution in [2.24, 2.45) is 5.73 Å². The van der Waals surface area contributed by atoms with Crippen LogP contribution in [0.2, 0.25) is 0 Å². The van der Waals surface area contributed by atoms with Crippen LogP contribution in [0.4, 0.5) is 0 Å². The zero-order valence-corrected chi connectivity index (χ0v) is 10.8. The topological polar surface area (TPSA) is 70.8 Å². The van der Waals surface area contributed by atoms with Crippen molar-refractivity contribution in [2.75, 3.05) is 26.1 Å². The standard InChI is InChI=1S/C11H19NO4S/c1-14-10(13)7-17-9-6-11(3-2-8(9)12)15-4-5-16-11/h8-9H,2-7,12H2,1H3. The van der Waals surface area contributed by atoms with E-state index in [0.717, 1.165) is 19.3 Å². The second kappa shape index (κ2) is 5.56. The molecule has 0 aromatic rings. The van der Waals surface area contributed by atoms with Gasteiger partial charge in [-0.1, -0.05) is 0 Å². The van der Waals surface area contributed by atoms with E-state index < -0.39 is 5.79 Å². The number of ether oxygens (including phenoxy) is 3. The molecule has 2 atom stereocenters. The highest BCUT2D eigenvalue weighted by molar-refractivity contribution is 8.00. The van der Waals surface area contributed by atoms with E-state index in [1.54, 1.807) is 0 Å². The van der Waals surface area contributed by atoms with Crippen LogP contribution >= 0.6 is 11.8 Å². The number of carbonyl (C=O) groups excluding carboxylic acids is 1. The first-order valence-corrected chi connectivity index (χ1v) is 6.92. The molecule has 0 aromatic carbocycles. The van der Waals surface area contributed by atoms with Gasteiger partial charge in [-0.2, -0.15) is 0 Å². The Hall–Kier alpha value is -0.300. The molecule has 17 heavy (non-hydrogen) atoms. The molecule has 6 heteroatoms. The van der Waals surface area contributed by atoms with Crippen molar-refractivity contribution >= 4 is 17.7 Å². The van der Waals surface area contributed by atoms with Crippen molar-refractivity contribution in [2.45, 2.75) is 36.3 Å². The zero-order chi connectivity index (χ0) is 12.3. The summed E-state index contributed by atoms with van der Waals surface area (Å²) in [6.07, 6.45) is 2.48. The highest BCUT2D eigenvalue weighted by Crippen LogP contribution is 2.39. The first-order valence-electron chi connectivity index (χ1n) is 5.87. The zero-order valence-electron chi connectivity index (χ0n) is 10.0. The van der Waals surface area contributed by atoms with Gasteiger partial charge in [0.1, 0.15) is 0 Å². The van der Waals surface area contributed by atoms with Crippen LogP contribution in [0.3, 0.4) is 0 Å². The van der Waals surface area contributed by atoms with Crippen LogP contribution in [0.5, 0.6) is 0 Å². The fourth-order valence-corrected chi connectivity index (χ4v) is 3.53. The predicted molar refractivity (Wildman–Crippen MR) is 64.7 cm³/mol. The molecule has 1 saturated carbocycles. The molecule has 2 fully saturated rings. The molecule has 0 aromatic heterocycles. The number of hydrogen-bond acceptors (Lipinski definition) is 6. The molecule has 2 unspecified atom stereocenters. The van der Waals surface area contributed by atoms with E-state index in [1.165, 1.54) is 18.9 Å². The molecule has 1 aliphatic carbocycles. The number of carbonyl (C=O) groups is 1. The Morgan fingerprint density at radius 2 is 2.24 bits per heavy atom. The largest absolute Gasteiger partial charge is 0.468 e. The third-order valence-corrected chi connectivity index (χ3v) is 4.65. The van der Waals surface area contributed by atoms with Crippen LogP contribution in [-0.2, 0) is 19.0 Å². The van der Waals surface area contributed by atoms with E-state index >= 15 is 0 Å². The molecule has 1 heterocycles.